The summed E-state index contributed by atoms with van der Waals surface area (Å²) in [6.07, 6.45) is 4.43. The molecule has 0 fully saturated rings. The number of amides is 2. The molecule has 1 aromatic carbocycles. The van der Waals surface area contributed by atoms with Crippen LogP contribution in [-0.4, -0.2) is 33.5 Å². The summed E-state index contributed by atoms with van der Waals surface area (Å²) in [5, 5.41) is 9.40. The predicted molar refractivity (Wildman–Crippen MR) is 89.6 cm³/mol. The van der Waals surface area contributed by atoms with E-state index in [1.54, 1.807) is 11.0 Å². The highest BCUT2D eigenvalue weighted by molar-refractivity contribution is 6.02. The quantitative estimate of drug-likeness (QED) is 0.838. The molecule has 124 valence electrons. The minimum Gasteiger partial charge on any atom is -0.342 e. The van der Waals surface area contributed by atoms with Crippen LogP contribution in [-0.2, 0) is 11.2 Å². The third kappa shape index (κ3) is 3.05. The maximum absolute atomic E-state index is 12.4. The van der Waals surface area contributed by atoms with Crippen LogP contribution in [0, 0.1) is 0 Å². The number of aromatic nitrogens is 3. The molecule has 1 aliphatic rings. The van der Waals surface area contributed by atoms with Crippen molar-refractivity contribution in [2.24, 2.45) is 0 Å². The summed E-state index contributed by atoms with van der Waals surface area (Å²) >= 11 is 0. The van der Waals surface area contributed by atoms with Gasteiger partial charge in [0.05, 0.1) is 6.04 Å². The molecule has 0 bridgehead atoms. The number of aryl methyl sites for hydroxylation is 1. The zero-order chi connectivity index (χ0) is 17.1. The Balaban J connectivity index is 1.79. The van der Waals surface area contributed by atoms with Crippen molar-refractivity contribution in [1.82, 2.24) is 20.5 Å². The molecule has 0 unspecified atom stereocenters. The summed E-state index contributed by atoms with van der Waals surface area (Å²) < 4.78 is 0. The van der Waals surface area contributed by atoms with Crippen LogP contribution in [0.25, 0.3) is 0 Å². The zero-order valence-corrected chi connectivity index (χ0v) is 13.5. The fraction of sp³-hybridized carbons (Fsp3) is 0.294. The first kappa shape index (κ1) is 15.9. The van der Waals surface area contributed by atoms with Crippen molar-refractivity contribution in [2.45, 2.75) is 25.8 Å². The minimum atomic E-state index is -0.269. The molecule has 24 heavy (non-hydrogen) atoms. The second kappa shape index (κ2) is 6.66. The minimum absolute atomic E-state index is 0.118. The topological polar surface area (TPSA) is 91.0 Å². The highest BCUT2D eigenvalue weighted by atomic mass is 16.2. The van der Waals surface area contributed by atoms with E-state index in [1.165, 1.54) is 12.4 Å². The smallest absolute Gasteiger partial charge is 0.251 e. The Labute approximate surface area is 139 Å². The van der Waals surface area contributed by atoms with Crippen LogP contribution >= 0.6 is 0 Å². The van der Waals surface area contributed by atoms with Crippen molar-refractivity contribution in [2.75, 3.05) is 11.4 Å². The second-order valence-electron chi connectivity index (χ2n) is 5.71. The number of carbonyl (C=O) groups is 2. The standard InChI is InChI=1S/C17H19N5O2/c1-3-15(23)22-8-4-5-12-9-13(6-7-14(12)22)17(24)20-11(2)16-18-10-19-21-16/h3,6-7,9-11H,1,4-5,8H2,2H3,(H,20,24)(H,18,19,21)/t11-/m1/s1. The molecule has 2 amide bonds. The summed E-state index contributed by atoms with van der Waals surface area (Å²) in [6.45, 7) is 6.05. The lowest BCUT2D eigenvalue weighted by Crippen LogP contribution is -2.34. The van der Waals surface area contributed by atoms with Crippen molar-refractivity contribution >= 4 is 17.5 Å². The third-order valence-electron chi connectivity index (χ3n) is 4.09. The van der Waals surface area contributed by atoms with Crippen molar-refractivity contribution in [1.29, 1.82) is 0 Å². The van der Waals surface area contributed by atoms with Gasteiger partial charge in [0.1, 0.15) is 12.2 Å². The summed E-state index contributed by atoms with van der Waals surface area (Å²) in [5.74, 6) is 0.296. The average molecular weight is 325 g/mol. The summed E-state index contributed by atoms with van der Waals surface area (Å²) in [4.78, 5) is 30.1. The lowest BCUT2D eigenvalue weighted by Gasteiger charge is -2.29. The number of anilines is 1. The largest absolute Gasteiger partial charge is 0.342 e. The van der Waals surface area contributed by atoms with Crippen molar-refractivity contribution in [3.63, 3.8) is 0 Å². The fourth-order valence-corrected chi connectivity index (χ4v) is 2.85. The van der Waals surface area contributed by atoms with E-state index in [9.17, 15) is 9.59 Å². The Hall–Kier alpha value is -2.96. The second-order valence-corrected chi connectivity index (χ2v) is 5.71. The Bertz CT molecular complexity index is 769. The first-order valence-corrected chi connectivity index (χ1v) is 7.83. The number of nitrogens with zero attached hydrogens (tertiary/aromatic N) is 3. The number of H-pyrrole nitrogens is 1. The van der Waals surface area contributed by atoms with Gasteiger partial charge in [-0.15, -0.1) is 0 Å². The molecule has 0 saturated heterocycles. The molecule has 0 saturated carbocycles. The SMILES string of the molecule is C=CC(=O)N1CCCc2cc(C(=O)N[C@H](C)c3ncn[nH]3)ccc21. The van der Waals surface area contributed by atoms with Gasteiger partial charge in [0.25, 0.3) is 5.91 Å². The summed E-state index contributed by atoms with van der Waals surface area (Å²) in [7, 11) is 0. The Morgan fingerprint density at radius 1 is 1.46 bits per heavy atom. The molecule has 2 heterocycles. The number of benzene rings is 1. The Morgan fingerprint density at radius 3 is 3.00 bits per heavy atom. The van der Waals surface area contributed by atoms with Crippen molar-refractivity contribution < 1.29 is 9.59 Å². The molecular weight excluding hydrogens is 306 g/mol. The molecule has 3 rings (SSSR count). The molecule has 7 nitrogen and oxygen atoms in total. The Morgan fingerprint density at radius 2 is 2.29 bits per heavy atom. The predicted octanol–water partition coefficient (Wildman–Crippen LogP) is 1.76. The molecule has 1 aromatic heterocycles. The van der Waals surface area contributed by atoms with Gasteiger partial charge < -0.3 is 10.2 Å². The van der Waals surface area contributed by atoms with E-state index in [4.69, 9.17) is 0 Å². The van der Waals surface area contributed by atoms with E-state index in [1.807, 2.05) is 19.1 Å². The number of nitrogens with one attached hydrogen (secondary N) is 2. The van der Waals surface area contributed by atoms with Crippen LogP contribution in [0.5, 0.6) is 0 Å². The van der Waals surface area contributed by atoms with E-state index >= 15 is 0 Å². The summed E-state index contributed by atoms with van der Waals surface area (Å²) in [6, 6.07) is 5.13. The molecule has 2 N–H and O–H groups in total. The van der Waals surface area contributed by atoms with Crippen LogP contribution in [0.15, 0.2) is 37.2 Å². The normalized spacial score (nSPS) is 14.6. The van der Waals surface area contributed by atoms with Gasteiger partial charge in [-0.05, 0) is 49.6 Å². The van der Waals surface area contributed by atoms with E-state index in [2.05, 4.69) is 27.1 Å². The fourth-order valence-electron chi connectivity index (χ4n) is 2.85. The van der Waals surface area contributed by atoms with Crippen LogP contribution in [0.2, 0.25) is 0 Å². The molecule has 2 aromatic rings. The van der Waals surface area contributed by atoms with Crippen LogP contribution in [0.1, 0.15) is 41.1 Å². The van der Waals surface area contributed by atoms with Gasteiger partial charge in [-0.25, -0.2) is 4.98 Å². The van der Waals surface area contributed by atoms with Crippen LogP contribution < -0.4 is 10.2 Å². The first-order valence-electron chi connectivity index (χ1n) is 7.83. The lowest BCUT2D eigenvalue weighted by atomic mass is 9.98. The van der Waals surface area contributed by atoms with Crippen molar-refractivity contribution in [3.8, 4) is 0 Å². The van der Waals surface area contributed by atoms with Crippen LogP contribution in [0.3, 0.4) is 0 Å². The molecular formula is C17H19N5O2. The molecule has 0 aliphatic carbocycles. The van der Waals surface area contributed by atoms with Gasteiger partial charge in [0.15, 0.2) is 0 Å². The van der Waals surface area contributed by atoms with Gasteiger partial charge >= 0.3 is 0 Å². The average Bonchev–Trinajstić information content (AvgIpc) is 3.14. The van der Waals surface area contributed by atoms with Gasteiger partial charge in [-0.2, -0.15) is 5.10 Å². The number of aromatic amines is 1. The van der Waals surface area contributed by atoms with Gasteiger partial charge in [-0.1, -0.05) is 6.58 Å². The molecule has 0 radical (unpaired) electrons. The first-order chi connectivity index (χ1) is 11.6. The maximum atomic E-state index is 12.4. The number of rotatable bonds is 4. The summed E-state index contributed by atoms with van der Waals surface area (Å²) in [5.41, 5.74) is 2.41. The third-order valence-corrected chi connectivity index (χ3v) is 4.09. The molecule has 7 heteroatoms. The molecule has 0 spiro atoms. The maximum Gasteiger partial charge on any atom is 0.251 e. The van der Waals surface area contributed by atoms with Crippen molar-refractivity contribution in [3.05, 3.63) is 54.1 Å². The van der Waals surface area contributed by atoms with E-state index in [0.717, 1.165) is 24.1 Å². The van der Waals surface area contributed by atoms with Crippen LogP contribution in [0.4, 0.5) is 5.69 Å². The monoisotopic (exact) mass is 325 g/mol. The Kier molecular flexibility index (Phi) is 4.41. The number of hydrogen-bond acceptors (Lipinski definition) is 4. The van der Waals surface area contributed by atoms with Gasteiger partial charge in [0, 0.05) is 17.8 Å². The highest BCUT2D eigenvalue weighted by Gasteiger charge is 2.22. The van der Waals surface area contributed by atoms with E-state index in [0.29, 0.717) is 17.9 Å². The van der Waals surface area contributed by atoms with Gasteiger partial charge in [-0.3, -0.25) is 14.7 Å². The van der Waals surface area contributed by atoms with E-state index in [-0.39, 0.29) is 17.9 Å². The highest BCUT2D eigenvalue weighted by Crippen LogP contribution is 2.28. The number of fused-ring (bicyclic) bond motifs is 1. The number of hydrogen-bond donors (Lipinski definition) is 2. The lowest BCUT2D eigenvalue weighted by molar-refractivity contribution is -0.114. The van der Waals surface area contributed by atoms with E-state index < -0.39 is 0 Å². The number of carbonyl (C=O) groups excluding carboxylic acids is 2. The molecule has 1 aliphatic heterocycles. The van der Waals surface area contributed by atoms with Gasteiger partial charge in [0.2, 0.25) is 5.91 Å². The zero-order valence-electron chi connectivity index (χ0n) is 13.5. The molecule has 1 atom stereocenters.